The van der Waals surface area contributed by atoms with Gasteiger partial charge in [0.05, 0.1) is 0 Å². The Balaban J connectivity index is 0.000000184. The van der Waals surface area contributed by atoms with Gasteiger partial charge in [0.15, 0.2) is 0 Å². The number of phenolic OH excluding ortho intramolecular Hbond substituents is 3. The zero-order valence-electron chi connectivity index (χ0n) is 10.2. The van der Waals surface area contributed by atoms with E-state index in [4.69, 9.17) is 21.8 Å². The molecule has 0 fully saturated rings. The van der Waals surface area contributed by atoms with Crippen LogP contribution in [0, 0.1) is 13.8 Å². The van der Waals surface area contributed by atoms with Crippen LogP contribution < -0.4 is 0 Å². The van der Waals surface area contributed by atoms with Crippen LogP contribution in [0.15, 0.2) is 36.4 Å². The lowest BCUT2D eigenvalue weighted by atomic mass is 10.1. The maximum Gasteiger partial charge on any atom is 0.121 e. The average molecular weight is 267 g/mol. The SMILES string of the molecule is Cc1cc(Cl)cc(C)c1O.Oc1cccc(O)c1. The lowest BCUT2D eigenvalue weighted by Crippen LogP contribution is -1.79. The van der Waals surface area contributed by atoms with E-state index >= 15 is 0 Å². The molecule has 0 saturated heterocycles. The van der Waals surface area contributed by atoms with Crippen molar-refractivity contribution in [2.75, 3.05) is 0 Å². The van der Waals surface area contributed by atoms with Gasteiger partial charge in [-0.2, -0.15) is 0 Å². The molecule has 18 heavy (non-hydrogen) atoms. The molecule has 0 aliphatic rings. The smallest absolute Gasteiger partial charge is 0.121 e. The van der Waals surface area contributed by atoms with Crippen molar-refractivity contribution < 1.29 is 15.3 Å². The lowest BCUT2D eigenvalue weighted by Gasteiger charge is -2.01. The number of hydrogen-bond donors (Lipinski definition) is 3. The highest BCUT2D eigenvalue weighted by molar-refractivity contribution is 6.30. The van der Waals surface area contributed by atoms with E-state index in [1.807, 2.05) is 13.8 Å². The number of phenols is 3. The van der Waals surface area contributed by atoms with Crippen LogP contribution in [0.3, 0.4) is 0 Å². The van der Waals surface area contributed by atoms with Crippen molar-refractivity contribution in [3.63, 3.8) is 0 Å². The van der Waals surface area contributed by atoms with Gasteiger partial charge >= 0.3 is 0 Å². The fraction of sp³-hybridized carbons (Fsp3) is 0.143. The van der Waals surface area contributed by atoms with Crippen LogP contribution in [0.5, 0.6) is 17.2 Å². The predicted molar refractivity (Wildman–Crippen MR) is 72.4 cm³/mol. The maximum atomic E-state index is 9.27. The number of hydrogen-bond acceptors (Lipinski definition) is 3. The van der Waals surface area contributed by atoms with Gasteiger partial charge in [0, 0.05) is 11.1 Å². The Morgan fingerprint density at radius 3 is 1.61 bits per heavy atom. The van der Waals surface area contributed by atoms with Crippen LogP contribution in [0.1, 0.15) is 11.1 Å². The van der Waals surface area contributed by atoms with E-state index in [9.17, 15) is 5.11 Å². The Kier molecular flexibility index (Phi) is 4.86. The molecular formula is C14H15ClO3. The highest BCUT2D eigenvalue weighted by Gasteiger charge is 2.00. The third-order valence-electron chi connectivity index (χ3n) is 2.29. The van der Waals surface area contributed by atoms with Crippen molar-refractivity contribution in [1.82, 2.24) is 0 Å². The Hall–Kier alpha value is -1.87. The van der Waals surface area contributed by atoms with Crippen molar-refractivity contribution in [2.24, 2.45) is 0 Å². The second-order valence-electron chi connectivity index (χ2n) is 3.91. The molecule has 3 nitrogen and oxygen atoms in total. The molecule has 0 saturated carbocycles. The second kappa shape index (κ2) is 6.17. The lowest BCUT2D eigenvalue weighted by molar-refractivity contribution is 0.450. The van der Waals surface area contributed by atoms with Gasteiger partial charge in [-0.25, -0.2) is 0 Å². The summed E-state index contributed by atoms with van der Waals surface area (Å²) in [5, 5.41) is 27.3. The van der Waals surface area contributed by atoms with E-state index in [2.05, 4.69) is 0 Å². The van der Waals surface area contributed by atoms with E-state index in [1.54, 1.807) is 18.2 Å². The van der Waals surface area contributed by atoms with Gasteiger partial charge in [0.25, 0.3) is 0 Å². The van der Waals surface area contributed by atoms with E-state index in [0.29, 0.717) is 10.8 Å². The number of aryl methyl sites for hydroxylation is 2. The van der Waals surface area contributed by atoms with Gasteiger partial charge in [-0.1, -0.05) is 17.7 Å². The zero-order valence-corrected chi connectivity index (χ0v) is 10.9. The Morgan fingerprint density at radius 2 is 1.28 bits per heavy atom. The van der Waals surface area contributed by atoms with Crippen LogP contribution in [0.2, 0.25) is 5.02 Å². The van der Waals surface area contributed by atoms with E-state index in [1.165, 1.54) is 18.2 Å². The normalized spacial score (nSPS) is 9.50. The van der Waals surface area contributed by atoms with Crippen molar-refractivity contribution in [1.29, 1.82) is 0 Å². The molecule has 0 radical (unpaired) electrons. The number of halogens is 1. The first-order valence-corrected chi connectivity index (χ1v) is 5.71. The Morgan fingerprint density at radius 1 is 0.833 bits per heavy atom. The average Bonchev–Trinajstić information content (AvgIpc) is 2.26. The quantitative estimate of drug-likeness (QED) is 0.680. The summed E-state index contributed by atoms with van der Waals surface area (Å²) >= 11 is 5.71. The summed E-state index contributed by atoms with van der Waals surface area (Å²) in [5.41, 5.74) is 1.65. The van der Waals surface area contributed by atoms with Crippen molar-refractivity contribution in [3.05, 3.63) is 52.5 Å². The van der Waals surface area contributed by atoms with Gasteiger partial charge in [0.2, 0.25) is 0 Å². The molecule has 0 unspecified atom stereocenters. The summed E-state index contributed by atoms with van der Waals surface area (Å²) in [7, 11) is 0. The predicted octanol–water partition coefficient (Wildman–Crippen LogP) is 3.76. The molecule has 2 aromatic rings. The van der Waals surface area contributed by atoms with Crippen LogP contribution in [0.25, 0.3) is 0 Å². The fourth-order valence-corrected chi connectivity index (χ4v) is 1.72. The molecule has 4 heteroatoms. The molecule has 0 heterocycles. The fourth-order valence-electron chi connectivity index (χ4n) is 1.40. The minimum Gasteiger partial charge on any atom is -0.508 e. The van der Waals surface area contributed by atoms with Gasteiger partial charge < -0.3 is 15.3 Å². The Labute approximate surface area is 111 Å². The molecule has 0 amide bonds. The summed E-state index contributed by atoms with van der Waals surface area (Å²) in [6.07, 6.45) is 0. The second-order valence-corrected chi connectivity index (χ2v) is 4.34. The standard InChI is InChI=1S/C8H9ClO.C6H6O2/c1-5-3-7(9)4-6(2)8(5)10;7-5-2-1-3-6(8)4-5/h3-4,10H,1-2H3;1-4,7-8H. The summed E-state index contributed by atoms with van der Waals surface area (Å²) < 4.78 is 0. The summed E-state index contributed by atoms with van der Waals surface area (Å²) in [6.45, 7) is 3.66. The molecule has 0 aliphatic heterocycles. The molecule has 2 aromatic carbocycles. The van der Waals surface area contributed by atoms with E-state index in [-0.39, 0.29) is 11.5 Å². The summed E-state index contributed by atoms with van der Waals surface area (Å²) in [4.78, 5) is 0. The maximum absolute atomic E-state index is 9.27. The van der Waals surface area contributed by atoms with Gasteiger partial charge in [-0.3, -0.25) is 0 Å². The topological polar surface area (TPSA) is 60.7 Å². The monoisotopic (exact) mass is 266 g/mol. The van der Waals surface area contributed by atoms with Crippen molar-refractivity contribution in [2.45, 2.75) is 13.8 Å². The van der Waals surface area contributed by atoms with Crippen LogP contribution in [-0.4, -0.2) is 15.3 Å². The minimum absolute atomic E-state index is 0.0880. The van der Waals surface area contributed by atoms with E-state index < -0.39 is 0 Å². The molecule has 0 bridgehead atoms. The van der Waals surface area contributed by atoms with Gasteiger partial charge in [0.1, 0.15) is 17.2 Å². The van der Waals surface area contributed by atoms with Crippen molar-refractivity contribution >= 4 is 11.6 Å². The third kappa shape index (κ3) is 4.18. The van der Waals surface area contributed by atoms with Crippen molar-refractivity contribution in [3.8, 4) is 17.2 Å². The molecule has 0 aromatic heterocycles. The molecule has 0 atom stereocenters. The number of benzene rings is 2. The van der Waals surface area contributed by atoms with Crippen LogP contribution in [0.4, 0.5) is 0 Å². The first kappa shape index (κ1) is 14.2. The van der Waals surface area contributed by atoms with Gasteiger partial charge in [-0.15, -0.1) is 0 Å². The molecule has 0 aliphatic carbocycles. The molecule has 2 rings (SSSR count). The first-order chi connectivity index (χ1) is 8.40. The number of aromatic hydroxyl groups is 3. The third-order valence-corrected chi connectivity index (χ3v) is 2.50. The van der Waals surface area contributed by atoms with Gasteiger partial charge in [-0.05, 0) is 49.2 Å². The first-order valence-electron chi connectivity index (χ1n) is 5.34. The summed E-state index contributed by atoms with van der Waals surface area (Å²) in [6, 6.07) is 9.33. The molecule has 3 N–H and O–H groups in total. The van der Waals surface area contributed by atoms with Crippen LogP contribution >= 0.6 is 11.6 Å². The highest BCUT2D eigenvalue weighted by atomic mass is 35.5. The number of rotatable bonds is 0. The highest BCUT2D eigenvalue weighted by Crippen LogP contribution is 2.24. The minimum atomic E-state index is 0.0880. The summed E-state index contributed by atoms with van der Waals surface area (Å²) in [5.74, 6) is 0.513. The zero-order chi connectivity index (χ0) is 13.7. The largest absolute Gasteiger partial charge is 0.508 e. The Bertz CT molecular complexity index is 498. The van der Waals surface area contributed by atoms with Crippen LogP contribution in [-0.2, 0) is 0 Å². The molecular weight excluding hydrogens is 252 g/mol. The van der Waals surface area contributed by atoms with E-state index in [0.717, 1.165) is 11.1 Å². The molecule has 0 spiro atoms. The molecule has 96 valence electrons.